The second-order valence-corrected chi connectivity index (χ2v) is 4.67. The lowest BCUT2D eigenvalue weighted by Gasteiger charge is -2.14. The summed E-state index contributed by atoms with van der Waals surface area (Å²) in [6, 6.07) is 6.62. The van der Waals surface area contributed by atoms with Gasteiger partial charge in [-0.3, -0.25) is 4.55 Å². The highest BCUT2D eigenvalue weighted by Crippen LogP contribution is 2.16. The molecule has 1 rings (SSSR count). The highest BCUT2D eigenvalue weighted by molar-refractivity contribution is 7.86. The van der Waals surface area contributed by atoms with Gasteiger partial charge < -0.3 is 4.74 Å². The van der Waals surface area contributed by atoms with Gasteiger partial charge in [-0.15, -0.1) is 0 Å². The largest absolute Gasteiger partial charge is 0.472 e. The van der Waals surface area contributed by atoms with Crippen molar-refractivity contribution in [3.05, 3.63) is 36.8 Å². The molecule has 0 saturated carbocycles. The van der Waals surface area contributed by atoms with Gasteiger partial charge in [0.1, 0.15) is 5.75 Å². The molecule has 0 bridgehead atoms. The van der Waals surface area contributed by atoms with Gasteiger partial charge in [0.05, 0.1) is 0 Å². The molecule has 0 fully saturated rings. The molecule has 0 amide bonds. The number of ether oxygens (including phenoxy) is 1. The van der Waals surface area contributed by atoms with Crippen LogP contribution in [0.3, 0.4) is 0 Å². The topological polar surface area (TPSA) is 63.6 Å². The van der Waals surface area contributed by atoms with Crippen LogP contribution >= 0.6 is 0 Å². The molecule has 0 aromatic heterocycles. The minimum absolute atomic E-state index is 0.185. The number of rotatable bonds is 4. The van der Waals surface area contributed by atoms with Crippen LogP contribution in [0.5, 0.6) is 5.75 Å². The number of hydrogen-bond acceptors (Lipinski definition) is 3. The van der Waals surface area contributed by atoms with E-state index >= 15 is 0 Å². The van der Waals surface area contributed by atoms with Gasteiger partial charge in [-0.25, -0.2) is 0 Å². The van der Waals surface area contributed by atoms with Crippen molar-refractivity contribution >= 4 is 10.1 Å². The summed E-state index contributed by atoms with van der Waals surface area (Å²) in [4.78, 5) is 0. The zero-order chi connectivity index (χ0) is 11.5. The third kappa shape index (κ3) is 3.53. The Morgan fingerprint density at radius 3 is 2.33 bits per heavy atom. The van der Waals surface area contributed by atoms with E-state index in [9.17, 15) is 8.42 Å². The lowest BCUT2D eigenvalue weighted by Crippen LogP contribution is -2.25. The fourth-order valence-electron chi connectivity index (χ4n) is 1.07. The van der Waals surface area contributed by atoms with E-state index in [1.165, 1.54) is 0 Å². The van der Waals surface area contributed by atoms with E-state index in [1.807, 2.05) is 0 Å². The van der Waals surface area contributed by atoms with Gasteiger partial charge in [-0.05, 0) is 31.0 Å². The quantitative estimate of drug-likeness (QED) is 0.800. The first-order chi connectivity index (χ1) is 6.93. The zero-order valence-corrected chi connectivity index (χ0v) is 9.20. The minimum Gasteiger partial charge on any atom is -0.472 e. The molecule has 1 radical (unpaired) electrons. The number of hydrogen-bond donors (Lipinski definition) is 1. The SMILES string of the molecule is [CH2]c1ccc(OC(CC)S(=O)(=O)O)cc1. The molecule has 1 N–H and O–H groups in total. The molecule has 0 saturated heterocycles. The van der Waals surface area contributed by atoms with Crippen molar-refractivity contribution in [2.24, 2.45) is 0 Å². The van der Waals surface area contributed by atoms with Gasteiger partial charge in [0, 0.05) is 0 Å². The Labute approximate surface area is 89.6 Å². The average molecular weight is 229 g/mol. The van der Waals surface area contributed by atoms with Crippen LogP contribution in [-0.2, 0) is 10.1 Å². The molecule has 0 aliphatic heterocycles. The lowest BCUT2D eigenvalue weighted by atomic mass is 10.2. The lowest BCUT2D eigenvalue weighted by molar-refractivity contribution is 0.252. The summed E-state index contributed by atoms with van der Waals surface area (Å²) in [7, 11) is -4.16. The van der Waals surface area contributed by atoms with E-state index in [2.05, 4.69) is 6.92 Å². The van der Waals surface area contributed by atoms with Crippen molar-refractivity contribution < 1.29 is 17.7 Å². The Morgan fingerprint density at radius 2 is 1.93 bits per heavy atom. The van der Waals surface area contributed by atoms with E-state index in [0.29, 0.717) is 5.75 Å². The zero-order valence-electron chi connectivity index (χ0n) is 8.38. The molecule has 1 aromatic rings. The summed E-state index contributed by atoms with van der Waals surface area (Å²) in [6.45, 7) is 5.31. The van der Waals surface area contributed by atoms with Crippen molar-refractivity contribution in [3.8, 4) is 5.75 Å². The Kier molecular flexibility index (Phi) is 3.71. The summed E-state index contributed by atoms with van der Waals surface area (Å²) < 4.78 is 35.6. The second-order valence-electron chi connectivity index (χ2n) is 3.11. The summed E-state index contributed by atoms with van der Waals surface area (Å²) in [5, 5.41) is 0. The summed E-state index contributed by atoms with van der Waals surface area (Å²) in [5.41, 5.74) is -0.407. The second kappa shape index (κ2) is 4.63. The molecule has 83 valence electrons. The molecule has 0 spiro atoms. The fourth-order valence-corrected chi connectivity index (χ4v) is 1.73. The molecular weight excluding hydrogens is 216 g/mol. The summed E-state index contributed by atoms with van der Waals surface area (Å²) in [5.74, 6) is 0.395. The van der Waals surface area contributed by atoms with Crippen LogP contribution in [-0.4, -0.2) is 18.4 Å². The molecule has 0 aliphatic rings. The van der Waals surface area contributed by atoms with E-state index in [1.54, 1.807) is 31.2 Å². The summed E-state index contributed by atoms with van der Waals surface area (Å²) in [6.07, 6.45) is 0.185. The molecule has 5 heteroatoms. The molecule has 15 heavy (non-hydrogen) atoms. The van der Waals surface area contributed by atoms with Crippen LogP contribution < -0.4 is 4.74 Å². The van der Waals surface area contributed by atoms with Gasteiger partial charge >= 0.3 is 10.1 Å². The normalized spacial score (nSPS) is 13.5. The standard InChI is InChI=1S/C10H13O4S/c1-3-10(15(11,12)13)14-9-6-4-8(2)5-7-9/h4-7,10H,2-3H2,1H3,(H,11,12,13). The molecule has 1 aromatic carbocycles. The van der Waals surface area contributed by atoms with Crippen LogP contribution in [0.15, 0.2) is 24.3 Å². The van der Waals surface area contributed by atoms with Gasteiger partial charge in [-0.2, -0.15) is 8.42 Å². The van der Waals surface area contributed by atoms with E-state index in [0.717, 1.165) is 5.56 Å². The van der Waals surface area contributed by atoms with Crippen molar-refractivity contribution in [2.45, 2.75) is 18.8 Å². The first-order valence-corrected chi connectivity index (χ1v) is 5.98. The Morgan fingerprint density at radius 1 is 1.40 bits per heavy atom. The Hall–Kier alpha value is -1.07. The van der Waals surface area contributed by atoms with Crippen LogP contribution in [0.4, 0.5) is 0 Å². The first kappa shape index (κ1) is 12.0. The highest BCUT2D eigenvalue weighted by Gasteiger charge is 2.22. The van der Waals surface area contributed by atoms with Crippen LogP contribution in [0.2, 0.25) is 0 Å². The van der Waals surface area contributed by atoms with E-state index in [4.69, 9.17) is 9.29 Å². The van der Waals surface area contributed by atoms with Gasteiger partial charge in [0.2, 0.25) is 5.44 Å². The Bertz CT molecular complexity index is 408. The fraction of sp³-hybridized carbons (Fsp3) is 0.300. The smallest absolute Gasteiger partial charge is 0.303 e. The first-order valence-electron chi connectivity index (χ1n) is 4.48. The van der Waals surface area contributed by atoms with Gasteiger partial charge in [-0.1, -0.05) is 19.1 Å². The van der Waals surface area contributed by atoms with E-state index < -0.39 is 15.6 Å². The maximum atomic E-state index is 10.9. The van der Waals surface area contributed by atoms with Crippen molar-refractivity contribution in [2.75, 3.05) is 0 Å². The van der Waals surface area contributed by atoms with Crippen molar-refractivity contribution in [1.82, 2.24) is 0 Å². The molecular formula is C10H13O4S. The van der Waals surface area contributed by atoms with Crippen LogP contribution in [0, 0.1) is 6.92 Å². The minimum atomic E-state index is -4.16. The number of benzene rings is 1. The van der Waals surface area contributed by atoms with Gasteiger partial charge in [0.15, 0.2) is 0 Å². The summed E-state index contributed by atoms with van der Waals surface area (Å²) >= 11 is 0. The molecule has 0 heterocycles. The van der Waals surface area contributed by atoms with Crippen LogP contribution in [0.1, 0.15) is 18.9 Å². The van der Waals surface area contributed by atoms with Crippen molar-refractivity contribution in [3.63, 3.8) is 0 Å². The molecule has 1 atom stereocenters. The highest BCUT2D eigenvalue weighted by atomic mass is 32.2. The third-order valence-electron chi connectivity index (χ3n) is 1.86. The molecule has 1 unspecified atom stereocenters. The third-order valence-corrected chi connectivity index (χ3v) is 2.95. The Balaban J connectivity index is 2.80. The van der Waals surface area contributed by atoms with Crippen LogP contribution in [0.25, 0.3) is 0 Å². The maximum Gasteiger partial charge on any atom is 0.303 e. The van der Waals surface area contributed by atoms with Crippen molar-refractivity contribution in [1.29, 1.82) is 0 Å². The maximum absolute atomic E-state index is 10.9. The van der Waals surface area contributed by atoms with Gasteiger partial charge in [0.25, 0.3) is 0 Å². The average Bonchev–Trinajstić information content (AvgIpc) is 2.15. The molecule has 4 nitrogen and oxygen atoms in total. The molecule has 0 aliphatic carbocycles. The predicted octanol–water partition coefficient (Wildman–Crippen LogP) is 1.87. The predicted molar refractivity (Wildman–Crippen MR) is 57.2 cm³/mol. The monoisotopic (exact) mass is 229 g/mol. The van der Waals surface area contributed by atoms with E-state index in [-0.39, 0.29) is 6.42 Å².